The second-order valence-electron chi connectivity index (χ2n) is 7.91. The third-order valence-electron chi connectivity index (χ3n) is 5.33. The SMILES string of the molecule is NC(=O)CCC(C(=O)O)N1CCN(Cc2cccc(C(=O)O)n2)CCN(CP(=O)(O)O)CC1. The van der Waals surface area contributed by atoms with E-state index in [1.165, 1.54) is 6.07 Å². The molecule has 1 atom stereocenters. The van der Waals surface area contributed by atoms with E-state index >= 15 is 0 Å². The lowest BCUT2D eigenvalue weighted by Crippen LogP contribution is -2.47. The monoisotopic (exact) mass is 487 g/mol. The van der Waals surface area contributed by atoms with Crippen molar-refractivity contribution in [2.45, 2.75) is 25.4 Å². The van der Waals surface area contributed by atoms with Crippen molar-refractivity contribution in [3.05, 3.63) is 29.6 Å². The topological polar surface area (TPSA) is 198 Å². The van der Waals surface area contributed by atoms with Crippen LogP contribution in [-0.4, -0.2) is 109 Å². The van der Waals surface area contributed by atoms with Crippen LogP contribution >= 0.6 is 7.60 Å². The molecule has 1 saturated heterocycles. The summed E-state index contributed by atoms with van der Waals surface area (Å²) in [5.74, 6) is -2.88. The zero-order valence-electron chi connectivity index (χ0n) is 18.1. The summed E-state index contributed by atoms with van der Waals surface area (Å²) in [6.07, 6.45) is -0.554. The van der Waals surface area contributed by atoms with Gasteiger partial charge in [0.05, 0.1) is 5.69 Å². The van der Waals surface area contributed by atoms with Crippen molar-refractivity contribution in [1.29, 1.82) is 0 Å². The summed E-state index contributed by atoms with van der Waals surface area (Å²) >= 11 is 0. The summed E-state index contributed by atoms with van der Waals surface area (Å²) in [6.45, 7) is 2.18. The first-order valence-corrected chi connectivity index (χ1v) is 12.2. The molecule has 2 rings (SSSR count). The molecule has 13 nitrogen and oxygen atoms in total. The van der Waals surface area contributed by atoms with Gasteiger partial charge in [-0.05, 0) is 18.6 Å². The maximum atomic E-state index is 11.9. The molecule has 33 heavy (non-hydrogen) atoms. The Labute approximate surface area is 190 Å². The zero-order chi connectivity index (χ0) is 24.6. The van der Waals surface area contributed by atoms with E-state index in [4.69, 9.17) is 10.8 Å². The number of pyridine rings is 1. The summed E-state index contributed by atoms with van der Waals surface area (Å²) in [7, 11) is -4.34. The molecule has 1 unspecified atom stereocenters. The van der Waals surface area contributed by atoms with Gasteiger partial charge in [0, 0.05) is 52.2 Å². The number of aliphatic carboxylic acids is 1. The molecule has 184 valence electrons. The largest absolute Gasteiger partial charge is 0.480 e. The fourth-order valence-electron chi connectivity index (χ4n) is 3.69. The highest BCUT2D eigenvalue weighted by molar-refractivity contribution is 7.51. The summed E-state index contributed by atoms with van der Waals surface area (Å²) in [4.78, 5) is 62.4. The Morgan fingerprint density at radius 1 is 1.03 bits per heavy atom. The Balaban J connectivity index is 2.22. The normalized spacial score (nSPS) is 18.1. The predicted molar refractivity (Wildman–Crippen MR) is 116 cm³/mol. The van der Waals surface area contributed by atoms with Crippen LogP contribution in [0.2, 0.25) is 0 Å². The molecule has 6 N–H and O–H groups in total. The van der Waals surface area contributed by atoms with Gasteiger partial charge in [0.25, 0.3) is 0 Å². The van der Waals surface area contributed by atoms with E-state index in [0.717, 1.165) is 0 Å². The lowest BCUT2D eigenvalue weighted by atomic mass is 10.1. The number of hydrogen-bond donors (Lipinski definition) is 5. The number of nitrogens with two attached hydrogens (primary N) is 1. The van der Waals surface area contributed by atoms with Gasteiger partial charge in [-0.1, -0.05) is 6.07 Å². The van der Waals surface area contributed by atoms with Crippen molar-refractivity contribution >= 4 is 25.4 Å². The molecule has 1 aliphatic heterocycles. The summed E-state index contributed by atoms with van der Waals surface area (Å²) in [5.41, 5.74) is 5.59. The fraction of sp³-hybridized carbons (Fsp3) is 0.579. The number of primary amides is 1. The standard InChI is InChI=1S/C19H30N5O8P/c20-17(25)5-4-16(19(28)29)24-10-8-22(6-7-23(9-11-24)13-33(30,31)32)12-14-2-1-3-15(21-14)18(26)27/h1-3,16H,4-13H2,(H2,20,25)(H,26,27)(H,28,29)(H2,30,31,32). The van der Waals surface area contributed by atoms with Gasteiger partial charge >= 0.3 is 19.5 Å². The molecule has 0 radical (unpaired) electrons. The van der Waals surface area contributed by atoms with Crippen LogP contribution in [0.15, 0.2) is 18.2 Å². The van der Waals surface area contributed by atoms with E-state index in [0.29, 0.717) is 31.9 Å². The van der Waals surface area contributed by atoms with Crippen molar-refractivity contribution < 1.29 is 38.9 Å². The highest BCUT2D eigenvalue weighted by atomic mass is 31.2. The number of rotatable bonds is 10. The molecule has 1 aromatic heterocycles. The van der Waals surface area contributed by atoms with Crippen LogP contribution in [0.1, 0.15) is 29.0 Å². The average Bonchev–Trinajstić information content (AvgIpc) is 2.79. The van der Waals surface area contributed by atoms with Crippen LogP contribution in [-0.2, 0) is 20.7 Å². The van der Waals surface area contributed by atoms with Crippen LogP contribution in [0.4, 0.5) is 0 Å². The molecule has 1 aliphatic rings. The van der Waals surface area contributed by atoms with Gasteiger partial charge in [0.15, 0.2) is 0 Å². The summed E-state index contributed by atoms with van der Waals surface area (Å²) < 4.78 is 11.6. The van der Waals surface area contributed by atoms with Crippen LogP contribution < -0.4 is 5.73 Å². The molecule has 0 saturated carbocycles. The molecule has 0 aliphatic carbocycles. The van der Waals surface area contributed by atoms with Gasteiger partial charge < -0.3 is 25.7 Å². The van der Waals surface area contributed by atoms with Crippen molar-refractivity contribution in [2.75, 3.05) is 45.6 Å². The number of amides is 1. The fourth-order valence-corrected chi connectivity index (χ4v) is 4.49. The molecule has 0 bridgehead atoms. The number of carbonyl (C=O) groups is 3. The number of carboxylic acids is 2. The van der Waals surface area contributed by atoms with Gasteiger partial charge in [-0.2, -0.15) is 0 Å². The second-order valence-corrected chi connectivity index (χ2v) is 9.53. The third kappa shape index (κ3) is 9.54. The van der Waals surface area contributed by atoms with Crippen molar-refractivity contribution in [2.24, 2.45) is 5.73 Å². The summed E-state index contributed by atoms with van der Waals surface area (Å²) in [5, 5.41) is 18.9. The lowest BCUT2D eigenvalue weighted by molar-refractivity contribution is -0.143. The number of hydrogen-bond acceptors (Lipinski definition) is 8. The Bertz CT molecular complexity index is 895. The van der Waals surface area contributed by atoms with Gasteiger partial charge in [-0.3, -0.25) is 28.9 Å². The Kier molecular flexibility index (Phi) is 9.89. The van der Waals surface area contributed by atoms with Crippen molar-refractivity contribution in [3.8, 4) is 0 Å². The minimum Gasteiger partial charge on any atom is -0.480 e. The smallest absolute Gasteiger partial charge is 0.354 e. The van der Waals surface area contributed by atoms with E-state index in [9.17, 15) is 33.8 Å². The highest BCUT2D eigenvalue weighted by Gasteiger charge is 2.29. The number of carboxylic acid groups (broad SMARTS) is 2. The Morgan fingerprint density at radius 2 is 1.64 bits per heavy atom. The number of aromatic carboxylic acids is 1. The molecule has 2 heterocycles. The lowest BCUT2D eigenvalue weighted by Gasteiger charge is -2.30. The molecule has 1 amide bonds. The van der Waals surface area contributed by atoms with Gasteiger partial charge in [-0.25, -0.2) is 9.78 Å². The third-order valence-corrected chi connectivity index (χ3v) is 6.09. The highest BCUT2D eigenvalue weighted by Crippen LogP contribution is 2.35. The number of aromatic nitrogens is 1. The maximum Gasteiger partial charge on any atom is 0.354 e. The quantitative estimate of drug-likeness (QED) is 0.254. The van der Waals surface area contributed by atoms with Crippen molar-refractivity contribution in [1.82, 2.24) is 19.7 Å². The Hall–Kier alpha value is -2.41. The predicted octanol–water partition coefficient (Wildman–Crippen LogP) is -0.947. The van der Waals surface area contributed by atoms with Crippen molar-refractivity contribution in [3.63, 3.8) is 0 Å². The first-order valence-electron chi connectivity index (χ1n) is 10.4. The van der Waals surface area contributed by atoms with Crippen LogP contribution in [0, 0.1) is 0 Å². The minimum absolute atomic E-state index is 0.0192. The number of carbonyl (C=O) groups excluding carboxylic acids is 1. The molecule has 0 aromatic carbocycles. The van der Waals surface area contributed by atoms with Crippen LogP contribution in [0.5, 0.6) is 0 Å². The van der Waals surface area contributed by atoms with Gasteiger partial charge in [-0.15, -0.1) is 0 Å². The molecule has 1 aromatic rings. The zero-order valence-corrected chi connectivity index (χ0v) is 19.0. The maximum absolute atomic E-state index is 11.9. The molecule has 0 spiro atoms. The molecule has 14 heteroatoms. The van der Waals surface area contributed by atoms with E-state index in [-0.39, 0.29) is 38.2 Å². The first-order chi connectivity index (χ1) is 15.4. The van der Waals surface area contributed by atoms with E-state index < -0.39 is 37.8 Å². The van der Waals surface area contributed by atoms with Crippen LogP contribution in [0.25, 0.3) is 0 Å². The van der Waals surface area contributed by atoms with E-state index in [1.807, 2.05) is 4.90 Å². The first kappa shape index (κ1) is 26.8. The van der Waals surface area contributed by atoms with E-state index in [2.05, 4.69) is 4.98 Å². The number of nitrogens with zero attached hydrogens (tertiary/aromatic N) is 4. The minimum atomic E-state index is -4.34. The molecular formula is C19H30N5O8P. The Morgan fingerprint density at radius 3 is 2.21 bits per heavy atom. The average molecular weight is 487 g/mol. The van der Waals surface area contributed by atoms with Gasteiger partial charge in [0.2, 0.25) is 5.91 Å². The van der Waals surface area contributed by atoms with Crippen LogP contribution in [0.3, 0.4) is 0 Å². The molecular weight excluding hydrogens is 457 g/mol. The second kappa shape index (κ2) is 12.2. The van der Waals surface area contributed by atoms with Gasteiger partial charge in [0.1, 0.15) is 18.0 Å². The summed E-state index contributed by atoms with van der Waals surface area (Å²) in [6, 6.07) is 3.66. The molecule has 1 fully saturated rings. The van der Waals surface area contributed by atoms with E-state index in [1.54, 1.807) is 21.9 Å².